The van der Waals surface area contributed by atoms with Crippen molar-refractivity contribution >= 4 is 11.9 Å². The predicted octanol–water partition coefficient (Wildman–Crippen LogP) is 3.42. The number of carbonyl (C=O) groups excluding carboxylic acids is 2. The minimum Gasteiger partial charge on any atom is -0.456 e. The summed E-state index contributed by atoms with van der Waals surface area (Å²) in [6, 6.07) is 8.35. The van der Waals surface area contributed by atoms with Crippen LogP contribution < -0.4 is 0 Å². The minimum absolute atomic E-state index is 0.184. The molecule has 5 nitrogen and oxygen atoms in total. The molecule has 2 saturated heterocycles. The fraction of sp³-hybridized carbons (Fsp3) is 0.652. The Morgan fingerprint density at radius 2 is 1.89 bits per heavy atom. The van der Waals surface area contributed by atoms with E-state index in [0.29, 0.717) is 12.8 Å². The molecule has 6 rings (SSSR count). The maximum absolute atomic E-state index is 13.5. The number of hydrogen-bond acceptors (Lipinski definition) is 5. The van der Waals surface area contributed by atoms with E-state index in [9.17, 15) is 9.59 Å². The Balaban J connectivity index is 1.35. The number of fused-ring (bicyclic) bond motifs is 3. The fourth-order valence-electron chi connectivity index (χ4n) is 6.79. The summed E-state index contributed by atoms with van der Waals surface area (Å²) < 4.78 is 18.3. The van der Waals surface area contributed by atoms with Crippen molar-refractivity contribution < 1.29 is 23.8 Å². The van der Waals surface area contributed by atoms with E-state index in [1.165, 1.54) is 11.1 Å². The van der Waals surface area contributed by atoms with Crippen molar-refractivity contribution in [1.29, 1.82) is 0 Å². The second-order valence-electron chi connectivity index (χ2n) is 10.1. The predicted molar refractivity (Wildman–Crippen MR) is 99.3 cm³/mol. The molecule has 5 aliphatic rings. The Hall–Kier alpha value is -1.88. The van der Waals surface area contributed by atoms with Gasteiger partial charge >= 0.3 is 11.9 Å². The van der Waals surface area contributed by atoms with Crippen LogP contribution in [0.4, 0.5) is 0 Å². The first kappa shape index (κ1) is 17.0. The Morgan fingerprint density at radius 3 is 2.61 bits per heavy atom. The third-order valence-corrected chi connectivity index (χ3v) is 9.13. The zero-order valence-electron chi connectivity index (χ0n) is 16.7. The molecule has 0 spiro atoms. The lowest BCUT2D eigenvalue weighted by Crippen LogP contribution is -2.51. The topological polar surface area (TPSA) is 65.1 Å². The van der Waals surface area contributed by atoms with Crippen molar-refractivity contribution in [2.24, 2.45) is 10.8 Å². The maximum atomic E-state index is 13.5. The molecule has 0 aromatic heterocycles. The number of rotatable bonds is 2. The number of esters is 2. The first-order chi connectivity index (χ1) is 13.2. The van der Waals surface area contributed by atoms with Crippen molar-refractivity contribution in [2.75, 3.05) is 0 Å². The Labute approximate surface area is 164 Å². The summed E-state index contributed by atoms with van der Waals surface area (Å²) in [5, 5.41) is 0. The van der Waals surface area contributed by atoms with Crippen molar-refractivity contribution in [3.63, 3.8) is 0 Å². The van der Waals surface area contributed by atoms with Gasteiger partial charge < -0.3 is 14.2 Å². The molecule has 3 aliphatic carbocycles. The third kappa shape index (κ3) is 1.52. The SMILES string of the molecule is CC1(C)[C@@]2(C)CC[C@]1(C(=O)O[C@H]1CC[C@@]34CCc5ccccc5[C@@]13O4)OC2=O. The van der Waals surface area contributed by atoms with Crippen molar-refractivity contribution in [1.82, 2.24) is 0 Å². The first-order valence-electron chi connectivity index (χ1n) is 10.5. The zero-order chi connectivity index (χ0) is 19.6. The van der Waals surface area contributed by atoms with Crippen LogP contribution in [0.2, 0.25) is 0 Å². The fourth-order valence-corrected chi connectivity index (χ4v) is 6.79. The highest BCUT2D eigenvalue weighted by Crippen LogP contribution is 2.72. The van der Waals surface area contributed by atoms with E-state index >= 15 is 0 Å². The molecule has 148 valence electrons. The normalized spacial score (nSPS) is 46.4. The van der Waals surface area contributed by atoms with Crippen LogP contribution in [0.1, 0.15) is 64.0 Å². The monoisotopic (exact) mass is 382 g/mol. The highest BCUT2D eigenvalue weighted by atomic mass is 16.7. The summed E-state index contributed by atoms with van der Waals surface area (Å²) in [7, 11) is 0. The van der Waals surface area contributed by atoms with E-state index in [1.54, 1.807) is 0 Å². The molecular weight excluding hydrogens is 356 g/mol. The van der Waals surface area contributed by atoms with Gasteiger partial charge in [0.1, 0.15) is 11.7 Å². The maximum Gasteiger partial charge on any atom is 0.351 e. The third-order valence-electron chi connectivity index (χ3n) is 9.13. The summed E-state index contributed by atoms with van der Waals surface area (Å²) >= 11 is 0. The molecule has 0 radical (unpaired) electrons. The highest BCUT2D eigenvalue weighted by molar-refractivity contribution is 5.93. The molecule has 0 unspecified atom stereocenters. The lowest BCUT2D eigenvalue weighted by atomic mass is 9.66. The lowest BCUT2D eigenvalue weighted by Gasteiger charge is -2.36. The van der Waals surface area contributed by atoms with Crippen LogP contribution in [0.15, 0.2) is 24.3 Å². The molecule has 0 N–H and O–H groups in total. The van der Waals surface area contributed by atoms with Gasteiger partial charge in [-0.25, -0.2) is 4.79 Å². The largest absolute Gasteiger partial charge is 0.456 e. The zero-order valence-corrected chi connectivity index (χ0v) is 16.7. The lowest BCUT2D eigenvalue weighted by molar-refractivity contribution is -0.190. The van der Waals surface area contributed by atoms with Crippen LogP contribution in [0.5, 0.6) is 0 Å². The molecule has 2 bridgehead atoms. The standard InChI is InChI=1S/C23H26O5/c1-19(2)20(3)12-13-22(19,27-17(20)24)18(25)26-16-9-11-21-10-8-14-6-4-5-7-15(14)23(16,21)28-21/h4-7,16H,8-13H2,1-3H3/t16-,20-,21-,22+,23+/m0/s1. The van der Waals surface area contributed by atoms with Gasteiger partial charge in [-0.15, -0.1) is 0 Å². The highest BCUT2D eigenvalue weighted by Gasteiger charge is 2.81. The van der Waals surface area contributed by atoms with Gasteiger partial charge in [-0.2, -0.15) is 0 Å². The number of benzene rings is 1. The minimum atomic E-state index is -1.18. The van der Waals surface area contributed by atoms with Crippen molar-refractivity contribution in [2.45, 2.75) is 82.2 Å². The van der Waals surface area contributed by atoms with E-state index in [1.807, 2.05) is 26.8 Å². The molecule has 2 saturated carbocycles. The van der Waals surface area contributed by atoms with Crippen LogP contribution in [0, 0.1) is 10.8 Å². The van der Waals surface area contributed by atoms with Gasteiger partial charge in [-0.1, -0.05) is 38.1 Å². The van der Waals surface area contributed by atoms with Gasteiger partial charge in [0.2, 0.25) is 5.60 Å². The van der Waals surface area contributed by atoms with Gasteiger partial charge in [-0.05, 0) is 56.6 Å². The van der Waals surface area contributed by atoms with Gasteiger partial charge in [-0.3, -0.25) is 4.79 Å². The second-order valence-corrected chi connectivity index (χ2v) is 10.1. The Kier molecular flexibility index (Phi) is 2.82. The van der Waals surface area contributed by atoms with E-state index in [4.69, 9.17) is 14.2 Å². The summed E-state index contributed by atoms with van der Waals surface area (Å²) in [4.78, 5) is 26.0. The average molecular weight is 382 g/mol. The average Bonchev–Trinajstić information content (AvgIpc) is 3.16. The summed E-state index contributed by atoms with van der Waals surface area (Å²) in [5.41, 5.74) is -0.623. The second kappa shape index (κ2) is 4.64. The van der Waals surface area contributed by atoms with Gasteiger partial charge in [0.05, 0.1) is 5.41 Å². The van der Waals surface area contributed by atoms with Gasteiger partial charge in [0.25, 0.3) is 0 Å². The molecule has 4 fully saturated rings. The Bertz CT molecular complexity index is 937. The van der Waals surface area contributed by atoms with Crippen LogP contribution in [0.3, 0.4) is 0 Å². The molecule has 5 heteroatoms. The molecular formula is C23H26O5. The quantitative estimate of drug-likeness (QED) is 0.579. The number of ether oxygens (including phenoxy) is 3. The number of epoxide rings is 1. The van der Waals surface area contributed by atoms with Crippen LogP contribution in [0.25, 0.3) is 0 Å². The molecule has 5 atom stereocenters. The van der Waals surface area contributed by atoms with E-state index in [-0.39, 0.29) is 23.6 Å². The first-order valence-corrected chi connectivity index (χ1v) is 10.5. The van der Waals surface area contributed by atoms with Crippen LogP contribution in [-0.4, -0.2) is 29.2 Å². The van der Waals surface area contributed by atoms with E-state index in [0.717, 1.165) is 25.7 Å². The van der Waals surface area contributed by atoms with Crippen LogP contribution >= 0.6 is 0 Å². The smallest absolute Gasteiger partial charge is 0.351 e. The molecule has 2 heterocycles. The summed E-state index contributed by atoms with van der Waals surface area (Å²) in [6.45, 7) is 5.85. The number of aryl methyl sites for hydroxylation is 1. The summed E-state index contributed by atoms with van der Waals surface area (Å²) in [5.74, 6) is -0.661. The molecule has 1 aromatic carbocycles. The van der Waals surface area contributed by atoms with Crippen LogP contribution in [-0.2, 0) is 35.8 Å². The van der Waals surface area contributed by atoms with Crippen molar-refractivity contribution in [3.05, 3.63) is 35.4 Å². The van der Waals surface area contributed by atoms with Gasteiger partial charge in [0.15, 0.2) is 5.60 Å². The van der Waals surface area contributed by atoms with Crippen molar-refractivity contribution in [3.8, 4) is 0 Å². The number of hydrogen-bond donors (Lipinski definition) is 0. The Morgan fingerprint density at radius 1 is 1.11 bits per heavy atom. The van der Waals surface area contributed by atoms with Gasteiger partial charge in [0, 0.05) is 5.41 Å². The molecule has 1 aromatic rings. The molecule has 28 heavy (non-hydrogen) atoms. The van der Waals surface area contributed by atoms with E-state index < -0.39 is 22.0 Å². The molecule has 2 aliphatic heterocycles. The van der Waals surface area contributed by atoms with E-state index in [2.05, 4.69) is 18.2 Å². The number of carbonyl (C=O) groups is 2. The molecule has 0 amide bonds. The summed E-state index contributed by atoms with van der Waals surface area (Å²) in [6.07, 6.45) is 4.55.